The number of ether oxygens (including phenoxy) is 2. The zero-order valence-corrected chi connectivity index (χ0v) is 9.98. The van der Waals surface area contributed by atoms with Crippen LogP contribution >= 0.6 is 0 Å². The van der Waals surface area contributed by atoms with Gasteiger partial charge in [-0.3, -0.25) is 4.98 Å². The van der Waals surface area contributed by atoms with E-state index in [-0.39, 0.29) is 6.04 Å². The zero-order chi connectivity index (χ0) is 11.6. The van der Waals surface area contributed by atoms with Gasteiger partial charge in [-0.25, -0.2) is 0 Å². The number of nitrogens with zero attached hydrogens (tertiary/aromatic N) is 1. The lowest BCUT2D eigenvalue weighted by Gasteiger charge is -2.17. The van der Waals surface area contributed by atoms with Gasteiger partial charge < -0.3 is 14.8 Å². The number of hydrogen-bond acceptors (Lipinski definition) is 4. The number of rotatable bonds is 8. The zero-order valence-electron chi connectivity index (χ0n) is 9.98. The van der Waals surface area contributed by atoms with E-state index in [1.165, 1.54) is 0 Å². The van der Waals surface area contributed by atoms with Gasteiger partial charge in [-0.05, 0) is 18.2 Å². The summed E-state index contributed by atoms with van der Waals surface area (Å²) in [4.78, 5) is 4.11. The first kappa shape index (κ1) is 13.1. The number of methoxy groups -OCH3 is 1. The van der Waals surface area contributed by atoms with Crippen LogP contribution in [0.15, 0.2) is 24.5 Å². The predicted octanol–water partition coefficient (Wildman–Crippen LogP) is 1.40. The lowest BCUT2D eigenvalue weighted by atomic mass is 10.1. The minimum absolute atomic E-state index is 0.204. The smallest absolute Gasteiger partial charge is 0.0701 e. The Labute approximate surface area is 97.0 Å². The molecule has 0 amide bonds. The molecule has 1 heterocycles. The fourth-order valence-electron chi connectivity index (χ4n) is 1.44. The van der Waals surface area contributed by atoms with Crippen molar-refractivity contribution in [1.29, 1.82) is 0 Å². The van der Waals surface area contributed by atoms with Gasteiger partial charge in [0.1, 0.15) is 0 Å². The van der Waals surface area contributed by atoms with Gasteiger partial charge in [0.05, 0.1) is 25.9 Å². The number of pyridine rings is 1. The Balaban J connectivity index is 2.41. The number of hydrogen-bond donors (Lipinski definition) is 1. The topological polar surface area (TPSA) is 43.4 Å². The maximum Gasteiger partial charge on any atom is 0.0701 e. The van der Waals surface area contributed by atoms with Crippen LogP contribution in [-0.2, 0) is 9.47 Å². The molecule has 1 rings (SSSR count). The van der Waals surface area contributed by atoms with Gasteiger partial charge in [-0.2, -0.15) is 0 Å². The summed E-state index contributed by atoms with van der Waals surface area (Å²) >= 11 is 0. The van der Waals surface area contributed by atoms with Crippen molar-refractivity contribution < 1.29 is 9.47 Å². The fraction of sp³-hybridized carbons (Fsp3) is 0.583. The summed E-state index contributed by atoms with van der Waals surface area (Å²) in [7, 11) is 1.67. The van der Waals surface area contributed by atoms with Crippen LogP contribution in [0.25, 0.3) is 0 Å². The van der Waals surface area contributed by atoms with E-state index < -0.39 is 0 Å². The molecule has 90 valence electrons. The molecule has 0 aliphatic heterocycles. The first-order valence-corrected chi connectivity index (χ1v) is 5.58. The van der Waals surface area contributed by atoms with Gasteiger partial charge in [0.2, 0.25) is 0 Å². The van der Waals surface area contributed by atoms with Crippen molar-refractivity contribution in [2.24, 2.45) is 0 Å². The minimum Gasteiger partial charge on any atom is -0.382 e. The van der Waals surface area contributed by atoms with E-state index in [2.05, 4.69) is 23.3 Å². The Hall–Kier alpha value is -0.970. The summed E-state index contributed by atoms with van der Waals surface area (Å²) in [6.07, 6.45) is 3.64. The maximum absolute atomic E-state index is 5.53. The largest absolute Gasteiger partial charge is 0.382 e. The van der Waals surface area contributed by atoms with Crippen LogP contribution < -0.4 is 5.32 Å². The molecule has 0 radical (unpaired) electrons. The highest BCUT2D eigenvalue weighted by molar-refractivity contribution is 5.13. The van der Waals surface area contributed by atoms with Crippen molar-refractivity contribution in [3.8, 4) is 0 Å². The SMILES string of the molecule is CCNC(COCCOC)c1cccnc1. The van der Waals surface area contributed by atoms with Gasteiger partial charge in [0.25, 0.3) is 0 Å². The highest BCUT2D eigenvalue weighted by Crippen LogP contribution is 2.11. The molecule has 0 aliphatic rings. The Kier molecular flexibility index (Phi) is 6.72. The Bertz CT molecular complexity index is 267. The molecular weight excluding hydrogens is 204 g/mol. The molecule has 1 N–H and O–H groups in total. The molecule has 4 nitrogen and oxygen atoms in total. The fourth-order valence-corrected chi connectivity index (χ4v) is 1.44. The van der Waals surface area contributed by atoms with Crippen molar-refractivity contribution >= 4 is 0 Å². The molecule has 0 saturated heterocycles. The lowest BCUT2D eigenvalue weighted by molar-refractivity contribution is 0.0587. The second kappa shape index (κ2) is 8.21. The molecule has 4 heteroatoms. The second-order valence-corrected chi connectivity index (χ2v) is 3.46. The highest BCUT2D eigenvalue weighted by Gasteiger charge is 2.09. The molecule has 1 aromatic heterocycles. The summed E-state index contributed by atoms with van der Waals surface area (Å²) in [5.41, 5.74) is 1.15. The van der Waals surface area contributed by atoms with Crippen LogP contribution in [0.1, 0.15) is 18.5 Å². The standard InChI is InChI=1S/C12H20N2O2/c1-3-14-12(10-16-8-7-15-2)11-5-4-6-13-9-11/h4-6,9,12,14H,3,7-8,10H2,1-2H3. The molecule has 0 fully saturated rings. The van der Waals surface area contributed by atoms with Crippen LogP contribution in [0, 0.1) is 0 Å². The third-order valence-electron chi connectivity index (χ3n) is 2.25. The van der Waals surface area contributed by atoms with E-state index in [1.54, 1.807) is 13.3 Å². The molecular formula is C12H20N2O2. The van der Waals surface area contributed by atoms with Crippen molar-refractivity contribution in [3.63, 3.8) is 0 Å². The minimum atomic E-state index is 0.204. The Morgan fingerprint density at radius 1 is 1.44 bits per heavy atom. The third kappa shape index (κ3) is 4.70. The summed E-state index contributed by atoms with van der Waals surface area (Å²) in [5.74, 6) is 0. The summed E-state index contributed by atoms with van der Waals surface area (Å²) in [6, 6.07) is 4.20. The molecule has 0 bridgehead atoms. The van der Waals surface area contributed by atoms with Crippen molar-refractivity contribution in [2.45, 2.75) is 13.0 Å². The molecule has 1 aromatic rings. The number of nitrogens with one attached hydrogen (secondary N) is 1. The van der Waals surface area contributed by atoms with E-state index >= 15 is 0 Å². The van der Waals surface area contributed by atoms with Crippen LogP contribution in [0.3, 0.4) is 0 Å². The van der Waals surface area contributed by atoms with E-state index in [0.29, 0.717) is 19.8 Å². The van der Waals surface area contributed by atoms with Gasteiger partial charge >= 0.3 is 0 Å². The van der Waals surface area contributed by atoms with Gasteiger partial charge in [0, 0.05) is 19.5 Å². The van der Waals surface area contributed by atoms with Gasteiger partial charge in [-0.1, -0.05) is 13.0 Å². The van der Waals surface area contributed by atoms with Gasteiger partial charge in [0.15, 0.2) is 0 Å². The highest BCUT2D eigenvalue weighted by atomic mass is 16.5. The molecule has 0 saturated carbocycles. The Morgan fingerprint density at radius 2 is 2.31 bits per heavy atom. The summed E-state index contributed by atoms with van der Waals surface area (Å²) in [6.45, 7) is 4.89. The van der Waals surface area contributed by atoms with Crippen molar-refractivity contribution in [2.75, 3.05) is 33.5 Å². The molecule has 1 unspecified atom stereocenters. The van der Waals surface area contributed by atoms with E-state index in [1.807, 2.05) is 12.3 Å². The second-order valence-electron chi connectivity index (χ2n) is 3.46. The Morgan fingerprint density at radius 3 is 2.94 bits per heavy atom. The molecule has 0 aromatic carbocycles. The lowest BCUT2D eigenvalue weighted by Crippen LogP contribution is -2.26. The molecule has 0 aliphatic carbocycles. The number of aromatic nitrogens is 1. The average Bonchev–Trinajstić information content (AvgIpc) is 2.34. The number of likely N-dealkylation sites (N-methyl/N-ethyl adjacent to an activating group) is 1. The predicted molar refractivity (Wildman–Crippen MR) is 63.3 cm³/mol. The average molecular weight is 224 g/mol. The van der Waals surface area contributed by atoms with E-state index in [0.717, 1.165) is 12.1 Å². The normalized spacial score (nSPS) is 12.6. The first-order valence-electron chi connectivity index (χ1n) is 5.58. The van der Waals surface area contributed by atoms with Crippen LogP contribution in [0.5, 0.6) is 0 Å². The van der Waals surface area contributed by atoms with Crippen LogP contribution in [0.2, 0.25) is 0 Å². The van der Waals surface area contributed by atoms with Crippen molar-refractivity contribution in [3.05, 3.63) is 30.1 Å². The summed E-state index contributed by atoms with van der Waals surface area (Å²) < 4.78 is 10.5. The monoisotopic (exact) mass is 224 g/mol. The molecule has 16 heavy (non-hydrogen) atoms. The first-order chi connectivity index (χ1) is 7.88. The van der Waals surface area contributed by atoms with Crippen molar-refractivity contribution in [1.82, 2.24) is 10.3 Å². The van der Waals surface area contributed by atoms with Crippen LogP contribution in [0.4, 0.5) is 0 Å². The van der Waals surface area contributed by atoms with E-state index in [9.17, 15) is 0 Å². The maximum atomic E-state index is 5.53. The molecule has 0 spiro atoms. The van der Waals surface area contributed by atoms with Gasteiger partial charge in [-0.15, -0.1) is 0 Å². The van der Waals surface area contributed by atoms with E-state index in [4.69, 9.17) is 9.47 Å². The molecule has 1 atom stereocenters. The quantitative estimate of drug-likeness (QED) is 0.678. The van der Waals surface area contributed by atoms with Crippen LogP contribution in [-0.4, -0.2) is 38.5 Å². The summed E-state index contributed by atoms with van der Waals surface area (Å²) in [5, 5.41) is 3.37. The third-order valence-corrected chi connectivity index (χ3v) is 2.25.